The van der Waals surface area contributed by atoms with Crippen molar-refractivity contribution in [2.24, 2.45) is 0 Å². The van der Waals surface area contributed by atoms with Gasteiger partial charge < -0.3 is 15.6 Å². The maximum absolute atomic E-state index is 10.8. The van der Waals surface area contributed by atoms with Crippen molar-refractivity contribution in [3.63, 3.8) is 0 Å². The Kier molecular flexibility index (Phi) is 5.04. The van der Waals surface area contributed by atoms with Crippen LogP contribution < -0.4 is 10.5 Å². The van der Waals surface area contributed by atoms with Gasteiger partial charge in [-0.1, -0.05) is 60.1 Å². The Labute approximate surface area is 146 Å². The van der Waals surface area contributed by atoms with Crippen molar-refractivity contribution in [2.75, 3.05) is 5.73 Å². The summed E-state index contributed by atoms with van der Waals surface area (Å²) in [6.45, 7) is 0.426. The fourth-order valence-corrected chi connectivity index (χ4v) is 2.70. The molecular weight excluding hydrogens is 322 g/mol. The van der Waals surface area contributed by atoms with Crippen LogP contribution in [0.25, 0.3) is 0 Å². The zero-order valence-electron chi connectivity index (χ0n) is 13.0. The second kappa shape index (κ2) is 7.39. The molecule has 0 amide bonds. The Morgan fingerprint density at radius 2 is 1.62 bits per heavy atom. The van der Waals surface area contributed by atoms with Crippen LogP contribution in [0.3, 0.4) is 0 Å². The molecule has 3 aromatic carbocycles. The third-order valence-corrected chi connectivity index (χ3v) is 4.03. The van der Waals surface area contributed by atoms with Crippen LogP contribution in [0.2, 0.25) is 5.02 Å². The summed E-state index contributed by atoms with van der Waals surface area (Å²) < 4.78 is 5.90. The Bertz CT molecular complexity index is 821. The topological polar surface area (TPSA) is 55.5 Å². The highest BCUT2D eigenvalue weighted by molar-refractivity contribution is 6.30. The first-order valence-electron chi connectivity index (χ1n) is 7.64. The smallest absolute Gasteiger partial charge is 0.125 e. The molecule has 0 aliphatic rings. The maximum atomic E-state index is 10.8. The number of aliphatic hydroxyl groups is 1. The van der Waals surface area contributed by atoms with Gasteiger partial charge in [0.15, 0.2) is 0 Å². The molecule has 3 nitrogen and oxygen atoms in total. The van der Waals surface area contributed by atoms with E-state index < -0.39 is 6.10 Å². The molecule has 0 fully saturated rings. The summed E-state index contributed by atoms with van der Waals surface area (Å²) >= 11 is 6.03. The molecule has 0 bridgehead atoms. The van der Waals surface area contributed by atoms with Crippen molar-refractivity contribution < 1.29 is 9.84 Å². The summed E-state index contributed by atoms with van der Waals surface area (Å²) in [7, 11) is 0. The third kappa shape index (κ3) is 3.70. The summed E-state index contributed by atoms with van der Waals surface area (Å²) in [5.74, 6) is 0.619. The first-order chi connectivity index (χ1) is 11.6. The van der Waals surface area contributed by atoms with Crippen molar-refractivity contribution in [1.82, 2.24) is 0 Å². The minimum absolute atomic E-state index is 0.426. The minimum atomic E-state index is -0.907. The van der Waals surface area contributed by atoms with Crippen LogP contribution in [0.15, 0.2) is 72.8 Å². The molecule has 0 spiro atoms. The Balaban J connectivity index is 1.87. The molecule has 24 heavy (non-hydrogen) atoms. The van der Waals surface area contributed by atoms with Gasteiger partial charge in [0.1, 0.15) is 18.5 Å². The molecular formula is C20H18ClNO2. The summed E-state index contributed by atoms with van der Waals surface area (Å²) in [6.07, 6.45) is -0.907. The van der Waals surface area contributed by atoms with E-state index in [-0.39, 0.29) is 0 Å². The molecule has 3 rings (SSSR count). The molecule has 0 saturated carbocycles. The lowest BCUT2D eigenvalue weighted by Crippen LogP contribution is -2.06. The van der Waals surface area contributed by atoms with E-state index in [1.165, 1.54) is 0 Å². The zero-order valence-corrected chi connectivity index (χ0v) is 13.8. The van der Waals surface area contributed by atoms with E-state index in [0.29, 0.717) is 34.2 Å². The molecule has 0 heterocycles. The monoisotopic (exact) mass is 339 g/mol. The zero-order chi connectivity index (χ0) is 16.9. The van der Waals surface area contributed by atoms with Crippen LogP contribution >= 0.6 is 11.6 Å². The van der Waals surface area contributed by atoms with E-state index in [1.54, 1.807) is 18.2 Å². The molecule has 0 saturated heterocycles. The van der Waals surface area contributed by atoms with Crippen LogP contribution in [0, 0.1) is 0 Å². The molecule has 0 aromatic heterocycles. The van der Waals surface area contributed by atoms with Gasteiger partial charge in [0.05, 0.1) is 0 Å². The number of hydrogen-bond donors (Lipinski definition) is 2. The summed E-state index contributed by atoms with van der Waals surface area (Å²) in [4.78, 5) is 0. The van der Waals surface area contributed by atoms with Crippen molar-refractivity contribution in [3.05, 3.63) is 94.5 Å². The average molecular weight is 340 g/mol. The van der Waals surface area contributed by atoms with Gasteiger partial charge in [-0.3, -0.25) is 0 Å². The van der Waals surface area contributed by atoms with Crippen LogP contribution in [0.5, 0.6) is 5.75 Å². The van der Waals surface area contributed by atoms with Gasteiger partial charge >= 0.3 is 0 Å². The fourth-order valence-electron chi connectivity index (χ4n) is 2.52. The van der Waals surface area contributed by atoms with Crippen molar-refractivity contribution in [2.45, 2.75) is 12.7 Å². The van der Waals surface area contributed by atoms with E-state index in [1.807, 2.05) is 54.6 Å². The van der Waals surface area contributed by atoms with Crippen LogP contribution in [0.4, 0.5) is 5.69 Å². The van der Waals surface area contributed by atoms with E-state index in [0.717, 1.165) is 5.56 Å². The quantitative estimate of drug-likeness (QED) is 0.669. The lowest BCUT2D eigenvalue weighted by molar-refractivity contribution is 0.210. The molecule has 0 aliphatic heterocycles. The van der Waals surface area contributed by atoms with Crippen molar-refractivity contribution in [3.8, 4) is 5.75 Å². The summed E-state index contributed by atoms with van der Waals surface area (Å²) in [5.41, 5.74) is 8.76. The van der Waals surface area contributed by atoms with Crippen LogP contribution in [-0.4, -0.2) is 5.11 Å². The molecule has 3 N–H and O–H groups in total. The largest absolute Gasteiger partial charge is 0.489 e. The standard InChI is InChI=1S/C20H18ClNO2/c21-15-10-11-18(22)17(12-15)20(23)16-8-4-5-9-19(16)24-13-14-6-2-1-3-7-14/h1-12,20,23H,13,22H2. The number of hydrogen-bond acceptors (Lipinski definition) is 3. The van der Waals surface area contributed by atoms with E-state index in [9.17, 15) is 5.11 Å². The van der Waals surface area contributed by atoms with Gasteiger partial charge in [0.2, 0.25) is 0 Å². The third-order valence-electron chi connectivity index (χ3n) is 3.79. The molecule has 0 radical (unpaired) electrons. The number of para-hydroxylation sites is 1. The van der Waals surface area contributed by atoms with E-state index >= 15 is 0 Å². The van der Waals surface area contributed by atoms with Gasteiger partial charge in [0.25, 0.3) is 0 Å². The average Bonchev–Trinajstić information content (AvgIpc) is 2.62. The molecule has 0 aliphatic carbocycles. The molecule has 1 atom stereocenters. The molecule has 4 heteroatoms. The molecule has 3 aromatic rings. The summed E-state index contributed by atoms with van der Waals surface area (Å²) in [5, 5.41) is 11.3. The van der Waals surface area contributed by atoms with E-state index in [4.69, 9.17) is 22.1 Å². The molecule has 1 unspecified atom stereocenters. The van der Waals surface area contributed by atoms with Gasteiger partial charge in [-0.15, -0.1) is 0 Å². The van der Waals surface area contributed by atoms with E-state index in [2.05, 4.69) is 0 Å². The van der Waals surface area contributed by atoms with Crippen LogP contribution in [0.1, 0.15) is 22.8 Å². The van der Waals surface area contributed by atoms with Crippen molar-refractivity contribution >= 4 is 17.3 Å². The maximum Gasteiger partial charge on any atom is 0.125 e. The second-order valence-electron chi connectivity index (χ2n) is 5.49. The number of nitrogens with two attached hydrogens (primary N) is 1. The van der Waals surface area contributed by atoms with Crippen LogP contribution in [-0.2, 0) is 6.61 Å². The fraction of sp³-hybridized carbons (Fsp3) is 0.100. The normalized spacial score (nSPS) is 11.9. The van der Waals surface area contributed by atoms with Crippen molar-refractivity contribution in [1.29, 1.82) is 0 Å². The minimum Gasteiger partial charge on any atom is -0.489 e. The Morgan fingerprint density at radius 1 is 0.917 bits per heavy atom. The van der Waals surface area contributed by atoms with Gasteiger partial charge in [-0.05, 0) is 29.8 Å². The lowest BCUT2D eigenvalue weighted by Gasteiger charge is -2.18. The number of aliphatic hydroxyl groups excluding tert-OH is 1. The number of ether oxygens (including phenoxy) is 1. The Morgan fingerprint density at radius 3 is 2.42 bits per heavy atom. The van der Waals surface area contributed by atoms with Gasteiger partial charge in [0, 0.05) is 21.8 Å². The Hall–Kier alpha value is -2.49. The number of benzene rings is 3. The highest BCUT2D eigenvalue weighted by atomic mass is 35.5. The number of anilines is 1. The summed E-state index contributed by atoms with van der Waals surface area (Å²) in [6, 6.07) is 22.3. The number of halogens is 1. The first-order valence-corrected chi connectivity index (χ1v) is 8.01. The predicted molar refractivity (Wildman–Crippen MR) is 97.1 cm³/mol. The SMILES string of the molecule is Nc1ccc(Cl)cc1C(O)c1ccccc1OCc1ccccc1. The number of rotatable bonds is 5. The highest BCUT2D eigenvalue weighted by Gasteiger charge is 2.18. The predicted octanol–water partition coefficient (Wildman–Crippen LogP) is 4.58. The van der Waals surface area contributed by atoms with Gasteiger partial charge in [-0.2, -0.15) is 0 Å². The van der Waals surface area contributed by atoms with Gasteiger partial charge in [-0.25, -0.2) is 0 Å². The first kappa shape index (κ1) is 16.4. The molecule has 122 valence electrons. The lowest BCUT2D eigenvalue weighted by atomic mass is 9.99. The number of nitrogen functional groups attached to an aromatic ring is 1. The highest BCUT2D eigenvalue weighted by Crippen LogP contribution is 2.34. The second-order valence-corrected chi connectivity index (χ2v) is 5.92.